The van der Waals surface area contributed by atoms with Gasteiger partial charge in [0.05, 0.1) is 0 Å². The Morgan fingerprint density at radius 3 is 2.71 bits per heavy atom. The second-order valence-electron chi connectivity index (χ2n) is 10.2. The topological polar surface area (TPSA) is 62.2 Å². The van der Waals surface area contributed by atoms with Crippen molar-refractivity contribution in [2.24, 2.45) is 5.92 Å². The predicted molar refractivity (Wildman–Crippen MR) is 139 cm³/mol. The molecular formula is C31H32N2O2. The van der Waals surface area contributed by atoms with E-state index in [2.05, 4.69) is 64.6 Å². The lowest BCUT2D eigenvalue weighted by Crippen LogP contribution is -2.50. The number of rotatable bonds is 4. The second-order valence-corrected chi connectivity index (χ2v) is 10.2. The monoisotopic (exact) mass is 464 g/mol. The maximum absolute atomic E-state index is 13.0. The Balaban J connectivity index is 1.49. The number of anilines is 1. The quantitative estimate of drug-likeness (QED) is 0.493. The average Bonchev–Trinajstić information content (AvgIpc) is 2.85. The van der Waals surface area contributed by atoms with Crippen LogP contribution < -0.4 is 5.32 Å². The van der Waals surface area contributed by atoms with Gasteiger partial charge in [-0.2, -0.15) is 0 Å². The number of hydrogen-bond donors (Lipinski definition) is 2. The zero-order chi connectivity index (χ0) is 24.5. The van der Waals surface area contributed by atoms with E-state index in [-0.39, 0.29) is 11.3 Å². The average molecular weight is 465 g/mol. The summed E-state index contributed by atoms with van der Waals surface area (Å²) >= 11 is 0. The first kappa shape index (κ1) is 23.3. The van der Waals surface area contributed by atoms with Crippen LogP contribution in [-0.4, -0.2) is 21.6 Å². The van der Waals surface area contributed by atoms with Crippen LogP contribution in [0.2, 0.25) is 0 Å². The number of nitrogens with one attached hydrogen (secondary N) is 1. The van der Waals surface area contributed by atoms with Crippen molar-refractivity contribution in [1.29, 1.82) is 0 Å². The number of amides is 1. The molecule has 2 N–H and O–H groups in total. The number of fused-ring (bicyclic) bond motifs is 3. The minimum atomic E-state index is -0.905. The molecule has 0 radical (unpaired) electrons. The second kappa shape index (κ2) is 9.32. The first-order chi connectivity index (χ1) is 16.9. The highest BCUT2D eigenvalue weighted by molar-refractivity contribution is 6.04. The molecule has 0 bridgehead atoms. The first-order valence-corrected chi connectivity index (χ1v) is 12.5. The van der Waals surface area contributed by atoms with E-state index in [1.807, 2.05) is 31.2 Å². The highest BCUT2D eigenvalue weighted by atomic mass is 16.3. The van der Waals surface area contributed by atoms with Crippen molar-refractivity contribution in [3.05, 3.63) is 94.7 Å². The molecule has 4 heteroatoms. The Bertz CT molecular complexity index is 1310. The summed E-state index contributed by atoms with van der Waals surface area (Å²) in [4.78, 5) is 17.4. The lowest BCUT2D eigenvalue weighted by Gasteiger charge is -2.52. The Hall–Kier alpha value is -3.42. The summed E-state index contributed by atoms with van der Waals surface area (Å²) < 4.78 is 0. The smallest absolute Gasteiger partial charge is 0.256 e. The normalized spacial score (nSPS) is 24.9. The molecule has 1 heterocycles. The van der Waals surface area contributed by atoms with Crippen LogP contribution in [0, 0.1) is 24.7 Å². The standard InChI is InChI=1S/C31H32N2O2/c1-3-16-30(35)17-18-31(20-23-9-5-4-6-10-23)26(21-30)14-12-24-19-25(13-15-27(24)31)29(34)33-28-11-7-8-22(2)32-28/h4-11,13,15,19,26,35H,12,14,17-18,20-21H2,1-2H3,(H,32,33,34)/t26-,30-,31+/m1/s1. The maximum Gasteiger partial charge on any atom is 0.256 e. The third kappa shape index (κ3) is 4.61. The molecule has 1 amide bonds. The van der Waals surface area contributed by atoms with E-state index >= 15 is 0 Å². The maximum atomic E-state index is 13.0. The van der Waals surface area contributed by atoms with Crippen molar-refractivity contribution in [3.63, 3.8) is 0 Å². The summed E-state index contributed by atoms with van der Waals surface area (Å²) in [5, 5.41) is 14.1. The van der Waals surface area contributed by atoms with Crippen LogP contribution >= 0.6 is 0 Å². The van der Waals surface area contributed by atoms with Gasteiger partial charge in [0.2, 0.25) is 0 Å². The number of benzene rings is 2. The van der Waals surface area contributed by atoms with Crippen LogP contribution in [0.4, 0.5) is 5.82 Å². The minimum Gasteiger partial charge on any atom is -0.378 e. The number of hydrogen-bond acceptors (Lipinski definition) is 3. The molecule has 0 unspecified atom stereocenters. The van der Waals surface area contributed by atoms with Gasteiger partial charge in [0, 0.05) is 16.7 Å². The molecule has 1 aromatic heterocycles. The highest BCUT2D eigenvalue weighted by Gasteiger charge is 2.51. The third-order valence-electron chi connectivity index (χ3n) is 7.87. The molecule has 178 valence electrons. The van der Waals surface area contributed by atoms with Crippen LogP contribution in [-0.2, 0) is 18.3 Å². The fourth-order valence-electron chi connectivity index (χ4n) is 6.26. The molecule has 3 aromatic rings. The number of aliphatic hydroxyl groups is 1. The Morgan fingerprint density at radius 2 is 1.94 bits per heavy atom. The molecule has 0 aliphatic heterocycles. The first-order valence-electron chi connectivity index (χ1n) is 12.5. The molecule has 1 saturated carbocycles. The van der Waals surface area contributed by atoms with Crippen molar-refractivity contribution < 1.29 is 9.90 Å². The fraction of sp³-hybridized carbons (Fsp3) is 0.355. The molecule has 3 atom stereocenters. The van der Waals surface area contributed by atoms with Gasteiger partial charge in [0.15, 0.2) is 0 Å². The summed E-state index contributed by atoms with van der Waals surface area (Å²) in [6, 6.07) is 22.4. The Kier molecular flexibility index (Phi) is 6.21. The number of aromatic nitrogens is 1. The highest BCUT2D eigenvalue weighted by Crippen LogP contribution is 2.54. The van der Waals surface area contributed by atoms with Crippen LogP contribution in [0.25, 0.3) is 0 Å². The summed E-state index contributed by atoms with van der Waals surface area (Å²) in [5.41, 5.74) is 4.44. The number of carbonyl (C=O) groups excluding carboxylic acids is 1. The SMILES string of the molecule is CC#C[C@@]1(O)CC[C@@]2(Cc3ccccc3)c3ccc(C(=O)Nc4cccc(C)n4)cc3CC[C@@H]2C1. The zero-order valence-electron chi connectivity index (χ0n) is 20.5. The summed E-state index contributed by atoms with van der Waals surface area (Å²) in [5.74, 6) is 6.81. The largest absolute Gasteiger partial charge is 0.378 e. The molecule has 2 aromatic carbocycles. The van der Waals surface area contributed by atoms with Gasteiger partial charge >= 0.3 is 0 Å². The van der Waals surface area contributed by atoms with Crippen LogP contribution in [0.5, 0.6) is 0 Å². The van der Waals surface area contributed by atoms with E-state index < -0.39 is 5.60 Å². The molecule has 2 aliphatic carbocycles. The summed E-state index contributed by atoms with van der Waals surface area (Å²) in [6.45, 7) is 3.72. The van der Waals surface area contributed by atoms with Gasteiger partial charge in [0.1, 0.15) is 11.4 Å². The predicted octanol–water partition coefficient (Wildman–Crippen LogP) is 5.62. The summed E-state index contributed by atoms with van der Waals surface area (Å²) in [7, 11) is 0. The molecule has 1 fully saturated rings. The van der Waals surface area contributed by atoms with Gasteiger partial charge in [-0.25, -0.2) is 4.98 Å². The van der Waals surface area contributed by atoms with Crippen molar-refractivity contribution in [1.82, 2.24) is 4.98 Å². The van der Waals surface area contributed by atoms with Crippen molar-refractivity contribution >= 4 is 11.7 Å². The lowest BCUT2D eigenvalue weighted by molar-refractivity contribution is -0.00801. The Morgan fingerprint density at radius 1 is 1.11 bits per heavy atom. The summed E-state index contributed by atoms with van der Waals surface area (Å²) in [6.07, 6.45) is 5.05. The van der Waals surface area contributed by atoms with Gasteiger partial charge in [0.25, 0.3) is 5.91 Å². The lowest BCUT2D eigenvalue weighted by atomic mass is 9.52. The van der Waals surface area contributed by atoms with Gasteiger partial charge in [-0.15, -0.1) is 5.92 Å². The fourth-order valence-corrected chi connectivity index (χ4v) is 6.26. The number of aryl methyl sites for hydroxylation is 2. The molecule has 35 heavy (non-hydrogen) atoms. The molecule has 5 rings (SSSR count). The van der Waals surface area contributed by atoms with Crippen molar-refractivity contribution in [2.75, 3.05) is 5.32 Å². The molecule has 2 aliphatic rings. The molecule has 4 nitrogen and oxygen atoms in total. The van der Waals surface area contributed by atoms with E-state index in [1.165, 1.54) is 16.7 Å². The van der Waals surface area contributed by atoms with Gasteiger partial charge in [-0.05, 0) is 99.2 Å². The number of nitrogens with zero attached hydrogens (tertiary/aromatic N) is 1. The zero-order valence-corrected chi connectivity index (χ0v) is 20.5. The van der Waals surface area contributed by atoms with Gasteiger partial charge in [-0.1, -0.05) is 48.4 Å². The van der Waals surface area contributed by atoms with E-state index in [1.54, 1.807) is 6.92 Å². The van der Waals surface area contributed by atoms with E-state index in [9.17, 15) is 9.90 Å². The Labute approximate surface area is 207 Å². The number of pyridine rings is 1. The van der Waals surface area contributed by atoms with E-state index in [0.717, 1.165) is 31.4 Å². The van der Waals surface area contributed by atoms with Crippen LogP contribution in [0.3, 0.4) is 0 Å². The molecule has 0 saturated heterocycles. The van der Waals surface area contributed by atoms with Gasteiger partial charge < -0.3 is 10.4 Å². The van der Waals surface area contributed by atoms with Crippen molar-refractivity contribution in [3.8, 4) is 11.8 Å². The minimum absolute atomic E-state index is 0.0658. The van der Waals surface area contributed by atoms with E-state index in [0.29, 0.717) is 30.1 Å². The van der Waals surface area contributed by atoms with Gasteiger partial charge in [-0.3, -0.25) is 4.79 Å². The van der Waals surface area contributed by atoms with Crippen molar-refractivity contribution in [2.45, 2.75) is 63.4 Å². The third-order valence-corrected chi connectivity index (χ3v) is 7.87. The molecular weight excluding hydrogens is 432 g/mol. The molecule has 0 spiro atoms. The van der Waals surface area contributed by atoms with E-state index in [4.69, 9.17) is 0 Å². The number of carbonyl (C=O) groups is 1. The van der Waals surface area contributed by atoms with Crippen LogP contribution in [0.1, 0.15) is 65.3 Å². The van der Waals surface area contributed by atoms with Crippen LogP contribution in [0.15, 0.2) is 66.7 Å².